The SMILES string of the molecule is CCCS[As](SCCSOOO)c1ccc(Nc2ccccc2)cc1. The molecular weight excluding hydrogens is 437 g/mol. The molecule has 0 saturated carbocycles. The fraction of sp³-hybridized carbons (Fsp3) is 0.294. The van der Waals surface area contributed by atoms with Crippen molar-refractivity contribution in [3.63, 3.8) is 0 Å². The van der Waals surface area contributed by atoms with Crippen molar-refractivity contribution in [2.75, 3.05) is 22.6 Å². The zero-order valence-electron chi connectivity index (χ0n) is 14.0. The van der Waals surface area contributed by atoms with E-state index < -0.39 is 12.3 Å². The van der Waals surface area contributed by atoms with Crippen molar-refractivity contribution in [2.24, 2.45) is 0 Å². The summed E-state index contributed by atoms with van der Waals surface area (Å²) in [5.41, 5.74) is 2.21. The molecule has 0 bridgehead atoms. The van der Waals surface area contributed by atoms with Crippen LogP contribution in [0.2, 0.25) is 0 Å². The van der Waals surface area contributed by atoms with Crippen LogP contribution in [-0.2, 0) is 9.37 Å². The van der Waals surface area contributed by atoms with Gasteiger partial charge in [-0.3, -0.25) is 0 Å². The van der Waals surface area contributed by atoms with Crippen LogP contribution in [0, 0.1) is 0 Å². The Morgan fingerprint density at radius 3 is 2.28 bits per heavy atom. The average molecular weight is 459 g/mol. The van der Waals surface area contributed by atoms with Crippen molar-refractivity contribution in [1.82, 2.24) is 0 Å². The molecule has 2 rings (SSSR count). The predicted molar refractivity (Wildman–Crippen MR) is 114 cm³/mol. The molecule has 2 aromatic rings. The maximum atomic E-state index is 8.15. The Balaban J connectivity index is 1.91. The van der Waals surface area contributed by atoms with Gasteiger partial charge in [0, 0.05) is 0 Å². The molecule has 136 valence electrons. The third kappa shape index (κ3) is 8.30. The summed E-state index contributed by atoms with van der Waals surface area (Å²) in [7, 11) is 4.13. The van der Waals surface area contributed by atoms with E-state index in [-0.39, 0.29) is 0 Å². The second kappa shape index (κ2) is 13.0. The van der Waals surface area contributed by atoms with E-state index in [1.807, 2.05) is 28.2 Å². The van der Waals surface area contributed by atoms with Gasteiger partial charge in [0.05, 0.1) is 0 Å². The monoisotopic (exact) mass is 459 g/mol. The quantitative estimate of drug-likeness (QED) is 0.151. The van der Waals surface area contributed by atoms with Gasteiger partial charge in [0.25, 0.3) is 0 Å². The maximum absolute atomic E-state index is 8.15. The first-order valence-electron chi connectivity index (χ1n) is 7.91. The number of para-hydroxylation sites is 1. The number of rotatable bonds is 12. The molecule has 1 atom stereocenters. The van der Waals surface area contributed by atoms with Crippen LogP contribution >= 0.6 is 32.1 Å². The molecule has 2 N–H and O–H groups in total. The molecule has 0 aliphatic heterocycles. The van der Waals surface area contributed by atoms with E-state index in [0.29, 0.717) is 0 Å². The van der Waals surface area contributed by atoms with E-state index in [4.69, 9.17) is 5.26 Å². The normalized spacial score (nSPS) is 12.1. The van der Waals surface area contributed by atoms with Gasteiger partial charge >= 0.3 is 165 Å². The third-order valence-electron chi connectivity index (χ3n) is 3.01. The van der Waals surface area contributed by atoms with Crippen molar-refractivity contribution in [3.8, 4) is 0 Å². The molecule has 0 spiro atoms. The zero-order valence-corrected chi connectivity index (χ0v) is 18.3. The first-order valence-corrected chi connectivity index (χ1v) is 16.2. The standard InChI is InChI=1S/C17H22AsNO3S3/c1-2-12-23-18(24-13-14-25-22-21-20)15-8-10-17(11-9-15)19-16-6-4-3-5-7-16/h3-11,19-20H,2,12-14H2,1H3. The topological polar surface area (TPSA) is 50.7 Å². The molecule has 0 amide bonds. The van der Waals surface area contributed by atoms with Gasteiger partial charge in [-0.05, 0) is 0 Å². The molecule has 0 heterocycles. The van der Waals surface area contributed by atoms with E-state index >= 15 is 0 Å². The predicted octanol–water partition coefficient (Wildman–Crippen LogP) is 5.07. The Bertz CT molecular complexity index is 589. The molecule has 0 saturated heterocycles. The summed E-state index contributed by atoms with van der Waals surface area (Å²) in [6, 6.07) is 19.0. The van der Waals surface area contributed by atoms with E-state index in [1.54, 1.807) is 0 Å². The number of hydrogen-bond donors (Lipinski definition) is 2. The minimum atomic E-state index is -1.21. The van der Waals surface area contributed by atoms with Gasteiger partial charge in [-0.2, -0.15) is 0 Å². The van der Waals surface area contributed by atoms with Crippen LogP contribution in [0.25, 0.3) is 0 Å². The Morgan fingerprint density at radius 2 is 1.60 bits per heavy atom. The van der Waals surface area contributed by atoms with Crippen LogP contribution in [0.3, 0.4) is 0 Å². The van der Waals surface area contributed by atoms with Gasteiger partial charge in [0.15, 0.2) is 0 Å². The van der Waals surface area contributed by atoms with Crippen LogP contribution in [0.4, 0.5) is 11.4 Å². The summed E-state index contributed by atoms with van der Waals surface area (Å²) >= 11 is -0.0806. The minimum absolute atomic E-state index is 0.788. The van der Waals surface area contributed by atoms with E-state index in [2.05, 4.69) is 68.0 Å². The van der Waals surface area contributed by atoms with Gasteiger partial charge in [-0.15, -0.1) is 0 Å². The second-order valence-corrected chi connectivity index (χ2v) is 17.4. The molecular formula is C17H22AsNO3S3. The number of benzene rings is 2. The van der Waals surface area contributed by atoms with Crippen LogP contribution in [-0.4, -0.2) is 34.9 Å². The van der Waals surface area contributed by atoms with Crippen molar-refractivity contribution in [3.05, 3.63) is 54.6 Å². The molecule has 1 unspecified atom stereocenters. The first-order chi connectivity index (χ1) is 12.3. The Morgan fingerprint density at radius 1 is 0.920 bits per heavy atom. The summed E-state index contributed by atoms with van der Waals surface area (Å²) in [4.78, 5) is 0. The van der Waals surface area contributed by atoms with Crippen molar-refractivity contribution < 1.29 is 14.6 Å². The van der Waals surface area contributed by atoms with Gasteiger partial charge in [0.1, 0.15) is 0 Å². The summed E-state index contributed by atoms with van der Waals surface area (Å²) in [5, 5.41) is 15.2. The molecule has 0 aliphatic carbocycles. The van der Waals surface area contributed by atoms with Crippen molar-refractivity contribution >= 4 is 60.2 Å². The van der Waals surface area contributed by atoms with E-state index in [0.717, 1.165) is 34.9 Å². The fourth-order valence-corrected chi connectivity index (χ4v) is 16.1. The number of hydrogen-bond acceptors (Lipinski definition) is 7. The zero-order chi connectivity index (χ0) is 17.7. The molecule has 0 aromatic heterocycles. The van der Waals surface area contributed by atoms with Crippen LogP contribution in [0.5, 0.6) is 0 Å². The van der Waals surface area contributed by atoms with Gasteiger partial charge in [-0.1, -0.05) is 0 Å². The molecule has 0 radical (unpaired) electrons. The molecule has 4 nitrogen and oxygen atoms in total. The van der Waals surface area contributed by atoms with Gasteiger partial charge in [-0.25, -0.2) is 0 Å². The molecule has 0 aliphatic rings. The second-order valence-electron chi connectivity index (χ2n) is 4.93. The third-order valence-corrected chi connectivity index (χ3v) is 17.5. The molecule has 2 aromatic carbocycles. The van der Waals surface area contributed by atoms with Crippen molar-refractivity contribution in [2.45, 2.75) is 13.3 Å². The van der Waals surface area contributed by atoms with Crippen LogP contribution in [0.15, 0.2) is 54.6 Å². The van der Waals surface area contributed by atoms with Crippen LogP contribution in [0.1, 0.15) is 13.3 Å². The molecule has 8 heteroatoms. The summed E-state index contributed by atoms with van der Waals surface area (Å²) in [5.74, 6) is 2.96. The number of anilines is 2. The number of nitrogens with one attached hydrogen (secondary N) is 1. The summed E-state index contributed by atoms with van der Waals surface area (Å²) in [6.07, 6.45) is 1.19. The van der Waals surface area contributed by atoms with Crippen molar-refractivity contribution in [1.29, 1.82) is 0 Å². The first kappa shape index (κ1) is 21.0. The van der Waals surface area contributed by atoms with E-state index in [1.165, 1.54) is 16.5 Å². The summed E-state index contributed by atoms with van der Waals surface area (Å²) in [6.45, 7) is 2.22. The van der Waals surface area contributed by atoms with E-state index in [9.17, 15) is 0 Å². The van der Waals surface area contributed by atoms with Gasteiger partial charge in [0.2, 0.25) is 0 Å². The fourth-order valence-electron chi connectivity index (χ4n) is 1.92. The average Bonchev–Trinajstić information content (AvgIpc) is 2.66. The molecule has 0 fully saturated rings. The molecule has 25 heavy (non-hydrogen) atoms. The Hall–Kier alpha value is -0.272. The summed E-state index contributed by atoms with van der Waals surface area (Å²) < 4.78 is 5.89. The Kier molecular flexibility index (Phi) is 10.9. The van der Waals surface area contributed by atoms with Crippen LogP contribution < -0.4 is 9.67 Å². The Labute approximate surface area is 164 Å². The van der Waals surface area contributed by atoms with Gasteiger partial charge < -0.3 is 0 Å².